The fraction of sp³-hybridized carbons (Fsp3) is 0.385. The number of morpholine rings is 1. The van der Waals surface area contributed by atoms with Crippen LogP contribution in [0.4, 0.5) is 5.69 Å². The number of hydrogen-bond acceptors (Lipinski definition) is 4. The first-order valence-corrected chi connectivity index (χ1v) is 11.5. The summed E-state index contributed by atoms with van der Waals surface area (Å²) >= 11 is 0. The lowest BCUT2D eigenvalue weighted by Gasteiger charge is -2.26. The summed E-state index contributed by atoms with van der Waals surface area (Å²) in [5, 5.41) is 6.97. The molecule has 0 spiro atoms. The lowest BCUT2D eigenvalue weighted by molar-refractivity contribution is -0.120. The number of carbonyl (C=O) groups excluding carboxylic acids is 2. The van der Waals surface area contributed by atoms with E-state index < -0.39 is 0 Å². The third kappa shape index (κ3) is 6.21. The number of carbonyl (C=O) groups is 2. The number of benzene rings is 2. The third-order valence-corrected chi connectivity index (χ3v) is 6.06. The van der Waals surface area contributed by atoms with Crippen LogP contribution < -0.4 is 10.6 Å². The number of hydrogen-bond donors (Lipinski definition) is 2. The van der Waals surface area contributed by atoms with Gasteiger partial charge in [-0.3, -0.25) is 14.5 Å². The van der Waals surface area contributed by atoms with Crippen molar-refractivity contribution in [3.05, 3.63) is 65.9 Å². The SMILES string of the molecule is CC(=O)NC(CC(=O)Nc1ccc2c(ccn2CCN2CCOCC2)c1)c1ccc(C)cc1. The topological polar surface area (TPSA) is 75.6 Å². The summed E-state index contributed by atoms with van der Waals surface area (Å²) in [5.41, 5.74) is 3.95. The Morgan fingerprint density at radius 1 is 1.03 bits per heavy atom. The van der Waals surface area contributed by atoms with Gasteiger partial charge in [0.05, 0.1) is 25.7 Å². The van der Waals surface area contributed by atoms with Crippen LogP contribution in [0.3, 0.4) is 0 Å². The van der Waals surface area contributed by atoms with E-state index in [1.54, 1.807) is 0 Å². The molecule has 1 aromatic heterocycles. The van der Waals surface area contributed by atoms with Crippen LogP contribution in [-0.2, 0) is 20.9 Å². The van der Waals surface area contributed by atoms with Crippen molar-refractivity contribution in [2.45, 2.75) is 32.9 Å². The highest BCUT2D eigenvalue weighted by Gasteiger charge is 2.18. The number of anilines is 1. The zero-order valence-corrected chi connectivity index (χ0v) is 19.3. The maximum atomic E-state index is 12.8. The first-order chi connectivity index (χ1) is 16.0. The van der Waals surface area contributed by atoms with Crippen molar-refractivity contribution in [2.24, 2.45) is 0 Å². The summed E-state index contributed by atoms with van der Waals surface area (Å²) < 4.78 is 7.67. The Morgan fingerprint density at radius 2 is 1.79 bits per heavy atom. The Labute approximate surface area is 194 Å². The van der Waals surface area contributed by atoms with Gasteiger partial charge in [0.25, 0.3) is 0 Å². The second kappa shape index (κ2) is 10.6. The molecule has 1 fully saturated rings. The highest BCUT2D eigenvalue weighted by atomic mass is 16.5. The van der Waals surface area contributed by atoms with Crippen molar-refractivity contribution in [3.8, 4) is 0 Å². The van der Waals surface area contributed by atoms with Crippen molar-refractivity contribution in [2.75, 3.05) is 38.2 Å². The minimum Gasteiger partial charge on any atom is -0.379 e. The van der Waals surface area contributed by atoms with E-state index in [9.17, 15) is 9.59 Å². The van der Waals surface area contributed by atoms with Gasteiger partial charge in [0.1, 0.15) is 0 Å². The summed E-state index contributed by atoms with van der Waals surface area (Å²) in [4.78, 5) is 26.9. The molecule has 1 saturated heterocycles. The molecule has 7 nitrogen and oxygen atoms in total. The summed E-state index contributed by atoms with van der Waals surface area (Å²) in [6.07, 6.45) is 2.27. The third-order valence-electron chi connectivity index (χ3n) is 6.06. The van der Waals surface area contributed by atoms with Gasteiger partial charge in [-0.05, 0) is 36.8 Å². The fourth-order valence-electron chi connectivity index (χ4n) is 4.24. The maximum absolute atomic E-state index is 12.8. The van der Waals surface area contributed by atoms with Gasteiger partial charge in [-0.1, -0.05) is 29.8 Å². The van der Waals surface area contributed by atoms with E-state index in [4.69, 9.17) is 4.74 Å². The van der Waals surface area contributed by atoms with Crippen LogP contribution in [0.2, 0.25) is 0 Å². The molecule has 1 unspecified atom stereocenters. The van der Waals surface area contributed by atoms with E-state index in [0.717, 1.165) is 67.1 Å². The van der Waals surface area contributed by atoms with Crippen LogP contribution in [0.1, 0.15) is 30.5 Å². The molecule has 7 heteroatoms. The van der Waals surface area contributed by atoms with E-state index in [1.165, 1.54) is 6.92 Å². The molecule has 0 aliphatic carbocycles. The van der Waals surface area contributed by atoms with Gasteiger partial charge < -0.3 is 19.9 Å². The molecular weight excluding hydrogens is 416 g/mol. The number of amides is 2. The number of nitrogens with zero attached hydrogens (tertiary/aromatic N) is 2. The zero-order valence-electron chi connectivity index (χ0n) is 19.3. The van der Waals surface area contributed by atoms with E-state index in [-0.39, 0.29) is 24.3 Å². The average Bonchev–Trinajstić information content (AvgIpc) is 3.20. The Kier molecular flexibility index (Phi) is 7.42. The average molecular weight is 449 g/mol. The fourth-order valence-corrected chi connectivity index (χ4v) is 4.24. The monoisotopic (exact) mass is 448 g/mol. The van der Waals surface area contributed by atoms with Crippen LogP contribution in [-0.4, -0.2) is 54.1 Å². The molecule has 1 aliphatic rings. The van der Waals surface area contributed by atoms with Crippen molar-refractivity contribution in [3.63, 3.8) is 0 Å². The summed E-state index contributed by atoms with van der Waals surface area (Å²) in [7, 11) is 0. The molecule has 0 radical (unpaired) electrons. The van der Waals surface area contributed by atoms with Crippen molar-refractivity contribution in [1.82, 2.24) is 14.8 Å². The number of ether oxygens (including phenoxy) is 1. The van der Waals surface area contributed by atoms with Crippen LogP contribution in [0.15, 0.2) is 54.7 Å². The molecule has 0 bridgehead atoms. The summed E-state index contributed by atoms with van der Waals surface area (Å²) in [6.45, 7) is 8.98. The van der Waals surface area contributed by atoms with Gasteiger partial charge in [0, 0.05) is 55.9 Å². The quantitative estimate of drug-likeness (QED) is 0.553. The van der Waals surface area contributed by atoms with Crippen LogP contribution >= 0.6 is 0 Å². The van der Waals surface area contributed by atoms with Crippen molar-refractivity contribution >= 4 is 28.4 Å². The lowest BCUT2D eigenvalue weighted by atomic mass is 10.0. The Hall–Kier alpha value is -3.16. The minimum atomic E-state index is -0.367. The number of nitrogens with one attached hydrogen (secondary N) is 2. The molecule has 33 heavy (non-hydrogen) atoms. The first kappa shape index (κ1) is 23.0. The van der Waals surface area contributed by atoms with Gasteiger partial charge in [-0.15, -0.1) is 0 Å². The Bertz CT molecular complexity index is 1100. The molecule has 2 N–H and O–H groups in total. The molecule has 0 saturated carbocycles. The second-order valence-electron chi connectivity index (χ2n) is 8.65. The largest absolute Gasteiger partial charge is 0.379 e. The molecule has 3 aromatic rings. The smallest absolute Gasteiger partial charge is 0.226 e. The molecular formula is C26H32N4O3. The highest BCUT2D eigenvalue weighted by molar-refractivity contribution is 5.94. The molecule has 2 aromatic carbocycles. The second-order valence-corrected chi connectivity index (χ2v) is 8.65. The minimum absolute atomic E-state index is 0.138. The summed E-state index contributed by atoms with van der Waals surface area (Å²) in [5.74, 6) is -0.298. The zero-order chi connectivity index (χ0) is 23.2. The number of aromatic nitrogens is 1. The van der Waals surface area contributed by atoms with Gasteiger partial charge in [0.15, 0.2) is 0 Å². The van der Waals surface area contributed by atoms with Gasteiger partial charge in [-0.2, -0.15) is 0 Å². The Morgan fingerprint density at radius 3 is 2.52 bits per heavy atom. The molecule has 2 heterocycles. The van der Waals surface area contributed by atoms with Gasteiger partial charge in [-0.25, -0.2) is 0 Å². The normalized spacial score (nSPS) is 15.3. The van der Waals surface area contributed by atoms with E-state index >= 15 is 0 Å². The van der Waals surface area contributed by atoms with Crippen molar-refractivity contribution in [1.29, 1.82) is 0 Å². The predicted molar refractivity (Wildman–Crippen MR) is 130 cm³/mol. The van der Waals surface area contributed by atoms with Gasteiger partial charge >= 0.3 is 0 Å². The molecule has 2 amide bonds. The molecule has 174 valence electrons. The highest BCUT2D eigenvalue weighted by Crippen LogP contribution is 2.23. The van der Waals surface area contributed by atoms with E-state index in [1.807, 2.05) is 43.3 Å². The molecule has 1 atom stereocenters. The summed E-state index contributed by atoms with van der Waals surface area (Å²) in [6, 6.07) is 15.6. The van der Waals surface area contributed by atoms with Crippen LogP contribution in [0.25, 0.3) is 10.9 Å². The molecule has 1 aliphatic heterocycles. The van der Waals surface area contributed by atoms with E-state index in [2.05, 4.69) is 38.4 Å². The van der Waals surface area contributed by atoms with Crippen LogP contribution in [0.5, 0.6) is 0 Å². The van der Waals surface area contributed by atoms with E-state index in [0.29, 0.717) is 0 Å². The lowest BCUT2D eigenvalue weighted by Crippen LogP contribution is -2.38. The molecule has 4 rings (SSSR count). The van der Waals surface area contributed by atoms with Gasteiger partial charge in [0.2, 0.25) is 11.8 Å². The maximum Gasteiger partial charge on any atom is 0.226 e. The first-order valence-electron chi connectivity index (χ1n) is 11.5. The number of rotatable bonds is 8. The number of aryl methyl sites for hydroxylation is 1. The van der Waals surface area contributed by atoms with Crippen molar-refractivity contribution < 1.29 is 14.3 Å². The predicted octanol–water partition coefficient (Wildman–Crippen LogP) is 3.49. The van der Waals surface area contributed by atoms with Crippen LogP contribution in [0, 0.1) is 6.92 Å². The number of fused-ring (bicyclic) bond motifs is 1. The Balaban J connectivity index is 1.39. The standard InChI is InChI=1S/C26H32N4O3/c1-19-3-5-21(6-4-19)24(27-20(2)31)18-26(32)28-23-7-8-25-22(17-23)9-10-30(25)12-11-29-13-15-33-16-14-29/h3-10,17,24H,11-16,18H2,1-2H3,(H,27,31)(H,28,32).